The van der Waals surface area contributed by atoms with Crippen molar-refractivity contribution < 1.29 is 45.9 Å². The molecule has 4 N–H and O–H groups in total. The first-order valence-corrected chi connectivity index (χ1v) is 18.3. The molecule has 0 saturated carbocycles. The molecule has 0 fully saturated rings. The fourth-order valence-corrected chi connectivity index (χ4v) is 13.9. The average Bonchev–Trinajstić information content (AvgIpc) is 2.53. The Balaban J connectivity index is 3.43. The van der Waals surface area contributed by atoms with Crippen LogP contribution < -0.4 is 0 Å². The lowest BCUT2D eigenvalue weighted by molar-refractivity contribution is 0.347. The molecule has 1 aromatic rings. The number of rotatable bonds is 13. The third-order valence-corrected chi connectivity index (χ3v) is 14.4. The van der Waals surface area contributed by atoms with Gasteiger partial charge in [-0.3, -0.25) is 31.4 Å². The van der Waals surface area contributed by atoms with E-state index in [1.807, 2.05) is 0 Å². The van der Waals surface area contributed by atoms with Gasteiger partial charge in [0.1, 0.15) is 0 Å². The Bertz CT molecular complexity index is 686. The van der Waals surface area contributed by atoms with Crippen LogP contribution in [0.25, 0.3) is 0 Å². The summed E-state index contributed by atoms with van der Waals surface area (Å²) in [6, 6.07) is 3.17. The van der Waals surface area contributed by atoms with Crippen molar-refractivity contribution in [2.24, 2.45) is 0 Å². The van der Waals surface area contributed by atoms with Crippen molar-refractivity contribution in [3.05, 3.63) is 29.0 Å². The lowest BCUT2D eigenvalue weighted by atomic mass is 10.2. The van der Waals surface area contributed by atoms with Gasteiger partial charge >= 0.3 is 15.2 Å². The normalized spacial score (nSPS) is 21.1. The number of nitrogens with zero attached hydrogens (tertiary/aromatic N) is 1. The zero-order valence-electron chi connectivity index (χ0n) is 16.5. The molecule has 4 unspecified atom stereocenters. The SMILES string of the molecule is CP(O)OP(=O)(OP(C)O)C(CCc1ccc(Cl)cn1)P(=O)(OP(C)O)OP(C)O. The van der Waals surface area contributed by atoms with Crippen molar-refractivity contribution in [2.45, 2.75) is 18.2 Å². The second-order valence-corrected chi connectivity index (χ2v) is 16.3. The van der Waals surface area contributed by atoms with Crippen LogP contribution in [0.1, 0.15) is 12.1 Å². The van der Waals surface area contributed by atoms with Crippen LogP contribution >= 0.6 is 60.3 Å². The maximum Gasteiger partial charge on any atom is 0.356 e. The van der Waals surface area contributed by atoms with Gasteiger partial charge in [-0.15, -0.1) is 0 Å². The molecule has 174 valence electrons. The molecule has 0 aliphatic heterocycles. The third kappa shape index (κ3) is 10.1. The molecule has 0 saturated heterocycles. The van der Waals surface area contributed by atoms with Gasteiger partial charge in [0.05, 0.1) is 5.02 Å². The predicted molar refractivity (Wildman–Crippen MR) is 121 cm³/mol. The summed E-state index contributed by atoms with van der Waals surface area (Å²) in [5.74, 6) is 0. The standard InChI is InChI=1S/C12H24ClNO10P6/c1-25(15)21-29(19,22-26(2)16)12(8-7-11-6-5-10(13)9-14-11)30(20,23-27(3)17)24-28(4)18/h5-6,9,12,15-18H,7-8H2,1-4H3. The molecule has 1 rings (SSSR count). The number of aromatic nitrogens is 1. The fourth-order valence-electron chi connectivity index (χ4n) is 2.23. The van der Waals surface area contributed by atoms with Crippen LogP contribution in [-0.2, 0) is 32.8 Å². The van der Waals surface area contributed by atoms with Crippen LogP contribution in [0.5, 0.6) is 0 Å². The highest BCUT2D eigenvalue weighted by Gasteiger charge is 2.54. The van der Waals surface area contributed by atoms with Crippen LogP contribution in [0.2, 0.25) is 5.02 Å². The number of pyridine rings is 1. The van der Waals surface area contributed by atoms with E-state index in [2.05, 4.69) is 4.98 Å². The van der Waals surface area contributed by atoms with E-state index in [9.17, 15) is 28.7 Å². The van der Waals surface area contributed by atoms with Crippen molar-refractivity contribution >= 4 is 60.3 Å². The van der Waals surface area contributed by atoms with Crippen molar-refractivity contribution in [3.8, 4) is 0 Å². The van der Waals surface area contributed by atoms with Gasteiger partial charge < -0.3 is 19.6 Å². The molecular weight excluding hydrogens is 539 g/mol. The summed E-state index contributed by atoms with van der Waals surface area (Å²) in [7, 11) is -18.2. The molecule has 0 aliphatic carbocycles. The Hall–Kier alpha value is 1.30. The van der Waals surface area contributed by atoms with Gasteiger partial charge in [0.25, 0.3) is 0 Å². The molecular formula is C12H24ClNO10P6. The van der Waals surface area contributed by atoms with Gasteiger partial charge in [0.2, 0.25) is 0 Å². The summed E-state index contributed by atoms with van der Waals surface area (Å²) in [6.07, 6.45) is 1.25. The van der Waals surface area contributed by atoms with Gasteiger partial charge in [0, 0.05) is 38.6 Å². The van der Waals surface area contributed by atoms with E-state index < -0.39 is 54.1 Å². The molecule has 1 aromatic heterocycles. The van der Waals surface area contributed by atoms with Crippen molar-refractivity contribution in [1.82, 2.24) is 4.98 Å². The van der Waals surface area contributed by atoms with Gasteiger partial charge in [-0.05, 0) is 25.0 Å². The fraction of sp³-hybridized carbons (Fsp3) is 0.583. The minimum atomic E-state index is -4.53. The topological polar surface area (TPSA) is 165 Å². The van der Waals surface area contributed by atoms with Crippen molar-refractivity contribution in [3.63, 3.8) is 0 Å². The predicted octanol–water partition coefficient (Wildman–Crippen LogP) is 5.18. The summed E-state index contributed by atoms with van der Waals surface area (Å²) < 4.78 is 47.6. The van der Waals surface area contributed by atoms with Crippen LogP contribution in [-0.4, -0.2) is 56.6 Å². The summed E-state index contributed by atoms with van der Waals surface area (Å²) in [4.78, 5) is 43.0. The lowest BCUT2D eigenvalue weighted by Gasteiger charge is -2.33. The van der Waals surface area contributed by atoms with Gasteiger partial charge in [-0.2, -0.15) is 0 Å². The Morgan fingerprint density at radius 3 is 1.60 bits per heavy atom. The van der Waals surface area contributed by atoms with E-state index in [0.29, 0.717) is 10.7 Å². The lowest BCUT2D eigenvalue weighted by Crippen LogP contribution is -2.15. The van der Waals surface area contributed by atoms with Crippen LogP contribution in [0.3, 0.4) is 0 Å². The van der Waals surface area contributed by atoms with Crippen molar-refractivity contribution in [2.75, 3.05) is 26.7 Å². The first-order chi connectivity index (χ1) is 13.8. The molecule has 4 atom stereocenters. The number of hydrogen-bond acceptors (Lipinski definition) is 11. The second-order valence-electron chi connectivity index (χ2n) is 5.75. The van der Waals surface area contributed by atoms with Gasteiger partial charge in [0.15, 0.2) is 38.9 Å². The minimum absolute atomic E-state index is 0.0789. The highest BCUT2D eigenvalue weighted by Crippen LogP contribution is 2.80. The Labute approximate surface area is 185 Å². The first kappa shape index (κ1) is 29.3. The van der Waals surface area contributed by atoms with Crippen molar-refractivity contribution in [1.29, 1.82) is 0 Å². The van der Waals surface area contributed by atoms with E-state index in [0.717, 1.165) is 0 Å². The summed E-state index contributed by atoms with van der Waals surface area (Å²) >= 11 is 5.81. The van der Waals surface area contributed by atoms with Crippen LogP contribution in [0.4, 0.5) is 0 Å². The smallest absolute Gasteiger partial charge is 0.350 e. The van der Waals surface area contributed by atoms with Gasteiger partial charge in [-0.25, -0.2) is 0 Å². The second kappa shape index (κ2) is 13.3. The Kier molecular flexibility index (Phi) is 13.0. The van der Waals surface area contributed by atoms with Crippen LogP contribution in [0, 0.1) is 0 Å². The number of aryl methyl sites for hydroxylation is 1. The van der Waals surface area contributed by atoms with E-state index >= 15 is 0 Å². The molecule has 0 aliphatic rings. The number of hydrogen-bond donors (Lipinski definition) is 4. The maximum atomic E-state index is 13.6. The highest BCUT2D eigenvalue weighted by molar-refractivity contribution is 7.82. The molecule has 0 radical (unpaired) electrons. The molecule has 30 heavy (non-hydrogen) atoms. The molecule has 0 spiro atoms. The van der Waals surface area contributed by atoms with E-state index in [1.54, 1.807) is 12.1 Å². The van der Waals surface area contributed by atoms with E-state index in [4.69, 9.17) is 28.8 Å². The average molecular weight is 564 g/mol. The monoisotopic (exact) mass is 563 g/mol. The zero-order valence-corrected chi connectivity index (χ0v) is 22.6. The third-order valence-electron chi connectivity index (χ3n) is 3.11. The van der Waals surface area contributed by atoms with Gasteiger partial charge in [-0.1, -0.05) is 11.6 Å². The minimum Gasteiger partial charge on any atom is -0.350 e. The Morgan fingerprint density at radius 2 is 1.30 bits per heavy atom. The summed E-state index contributed by atoms with van der Waals surface area (Å²) in [6.45, 7) is 4.84. The quantitative estimate of drug-likeness (QED) is 0.234. The maximum absolute atomic E-state index is 13.6. The zero-order chi connectivity index (χ0) is 23.1. The highest BCUT2D eigenvalue weighted by atomic mass is 35.5. The molecule has 11 nitrogen and oxygen atoms in total. The summed E-state index contributed by atoms with van der Waals surface area (Å²) in [5, 5.41) is -1.28. The molecule has 18 heteroatoms. The number of halogens is 1. The largest absolute Gasteiger partial charge is 0.356 e. The molecule has 0 bridgehead atoms. The van der Waals surface area contributed by atoms with Crippen LogP contribution in [0.15, 0.2) is 18.3 Å². The summed E-state index contributed by atoms with van der Waals surface area (Å²) in [5.41, 5.74) is 0.485. The molecule has 1 heterocycles. The van der Waals surface area contributed by atoms with E-state index in [-0.39, 0.29) is 12.8 Å². The molecule has 0 amide bonds. The van der Waals surface area contributed by atoms with E-state index in [1.165, 1.54) is 32.9 Å². The molecule has 0 aromatic carbocycles. The first-order valence-electron chi connectivity index (χ1n) is 8.06. The Morgan fingerprint density at radius 1 is 0.900 bits per heavy atom.